The largest absolute Gasteiger partial charge is 0.326 e. The van der Waals surface area contributed by atoms with Gasteiger partial charge in [0.25, 0.3) is 15.7 Å². The monoisotopic (exact) mass is 369 g/mol. The van der Waals surface area contributed by atoms with Crippen LogP contribution in [-0.2, 0) is 14.8 Å². The maximum atomic E-state index is 12.3. The summed E-state index contributed by atoms with van der Waals surface area (Å²) in [6, 6.07) is 9.14. The SMILES string of the molecule is CC(=O)Nc1ccc(NS(=O)(=O)c2ccc(Cl)c([N+](=O)[O-])c2)cc1. The van der Waals surface area contributed by atoms with Crippen LogP contribution >= 0.6 is 11.6 Å². The van der Waals surface area contributed by atoms with Crippen molar-refractivity contribution < 1.29 is 18.1 Å². The normalized spacial score (nSPS) is 10.9. The summed E-state index contributed by atoms with van der Waals surface area (Å²) in [7, 11) is -4.02. The summed E-state index contributed by atoms with van der Waals surface area (Å²) in [5, 5.41) is 13.2. The van der Waals surface area contributed by atoms with Gasteiger partial charge in [-0.1, -0.05) is 11.6 Å². The van der Waals surface area contributed by atoms with E-state index >= 15 is 0 Å². The average Bonchev–Trinajstić information content (AvgIpc) is 2.48. The topological polar surface area (TPSA) is 118 Å². The molecule has 2 aromatic carbocycles. The van der Waals surface area contributed by atoms with Crippen LogP contribution < -0.4 is 10.0 Å². The van der Waals surface area contributed by atoms with Crippen molar-refractivity contribution >= 4 is 44.6 Å². The first-order valence-electron chi connectivity index (χ1n) is 6.53. The molecule has 0 saturated heterocycles. The number of nitro groups is 1. The first-order valence-corrected chi connectivity index (χ1v) is 8.39. The Kier molecular flexibility index (Phi) is 5.05. The molecule has 0 spiro atoms. The molecule has 126 valence electrons. The lowest BCUT2D eigenvalue weighted by molar-refractivity contribution is -0.384. The minimum Gasteiger partial charge on any atom is -0.326 e. The van der Waals surface area contributed by atoms with E-state index in [1.54, 1.807) is 0 Å². The molecule has 0 atom stereocenters. The number of benzene rings is 2. The molecule has 2 N–H and O–H groups in total. The van der Waals surface area contributed by atoms with Gasteiger partial charge in [-0.15, -0.1) is 0 Å². The Morgan fingerprint density at radius 2 is 1.71 bits per heavy atom. The van der Waals surface area contributed by atoms with Crippen molar-refractivity contribution in [2.45, 2.75) is 11.8 Å². The van der Waals surface area contributed by atoms with Crippen LogP contribution in [0.2, 0.25) is 5.02 Å². The highest BCUT2D eigenvalue weighted by Crippen LogP contribution is 2.28. The number of carbonyl (C=O) groups is 1. The first kappa shape index (κ1) is 17.7. The van der Waals surface area contributed by atoms with Gasteiger partial charge in [0.2, 0.25) is 5.91 Å². The number of sulfonamides is 1. The minimum absolute atomic E-state index is 0.154. The van der Waals surface area contributed by atoms with E-state index < -0.39 is 20.6 Å². The number of hydrogen-bond donors (Lipinski definition) is 2. The van der Waals surface area contributed by atoms with Gasteiger partial charge in [0, 0.05) is 24.4 Å². The lowest BCUT2D eigenvalue weighted by Gasteiger charge is -2.09. The zero-order valence-electron chi connectivity index (χ0n) is 12.3. The number of hydrogen-bond acceptors (Lipinski definition) is 5. The molecule has 0 aliphatic rings. The van der Waals surface area contributed by atoms with E-state index in [9.17, 15) is 23.3 Å². The molecule has 0 aromatic heterocycles. The van der Waals surface area contributed by atoms with Crippen LogP contribution in [0.25, 0.3) is 0 Å². The van der Waals surface area contributed by atoms with Crippen LogP contribution in [0, 0.1) is 10.1 Å². The van der Waals surface area contributed by atoms with E-state index in [2.05, 4.69) is 10.0 Å². The lowest BCUT2D eigenvalue weighted by Crippen LogP contribution is -2.13. The number of rotatable bonds is 5. The summed E-state index contributed by atoms with van der Waals surface area (Å²) in [5.74, 6) is -0.253. The van der Waals surface area contributed by atoms with Gasteiger partial charge in [-0.3, -0.25) is 19.6 Å². The van der Waals surface area contributed by atoms with Gasteiger partial charge in [-0.05, 0) is 36.4 Å². The summed E-state index contributed by atoms with van der Waals surface area (Å²) >= 11 is 5.67. The molecular formula is C14H12ClN3O5S. The second-order valence-electron chi connectivity index (χ2n) is 4.73. The van der Waals surface area contributed by atoms with Crippen LogP contribution in [0.15, 0.2) is 47.4 Å². The Morgan fingerprint density at radius 3 is 2.25 bits per heavy atom. The Hall–Kier alpha value is -2.65. The Balaban J connectivity index is 2.27. The summed E-state index contributed by atoms with van der Waals surface area (Å²) in [6.45, 7) is 1.35. The number of nitrogens with one attached hydrogen (secondary N) is 2. The molecule has 0 fully saturated rings. The van der Waals surface area contributed by atoms with Gasteiger partial charge in [-0.2, -0.15) is 0 Å². The van der Waals surface area contributed by atoms with Gasteiger partial charge in [0.15, 0.2) is 0 Å². The van der Waals surface area contributed by atoms with E-state index in [-0.39, 0.29) is 21.5 Å². The highest BCUT2D eigenvalue weighted by Gasteiger charge is 2.20. The van der Waals surface area contributed by atoms with Crippen LogP contribution in [0.4, 0.5) is 17.1 Å². The summed E-state index contributed by atoms with van der Waals surface area (Å²) in [5.41, 5.74) is 0.245. The fourth-order valence-corrected chi connectivity index (χ4v) is 3.10. The van der Waals surface area contributed by atoms with E-state index in [1.165, 1.54) is 37.3 Å². The molecule has 1 amide bonds. The first-order chi connectivity index (χ1) is 11.2. The average molecular weight is 370 g/mol. The van der Waals surface area contributed by atoms with E-state index in [0.29, 0.717) is 5.69 Å². The van der Waals surface area contributed by atoms with Gasteiger partial charge in [0.05, 0.1) is 9.82 Å². The van der Waals surface area contributed by atoms with Crippen molar-refractivity contribution in [2.75, 3.05) is 10.0 Å². The summed E-state index contributed by atoms with van der Waals surface area (Å²) < 4.78 is 26.9. The Labute approximate surface area is 142 Å². The van der Waals surface area contributed by atoms with Gasteiger partial charge < -0.3 is 5.32 Å². The minimum atomic E-state index is -4.02. The molecule has 2 rings (SSSR count). The molecule has 10 heteroatoms. The number of nitrogens with zero attached hydrogens (tertiary/aromatic N) is 1. The zero-order chi connectivity index (χ0) is 17.9. The Morgan fingerprint density at radius 1 is 1.12 bits per heavy atom. The molecule has 0 bridgehead atoms. The standard InChI is InChI=1S/C14H12ClN3O5S/c1-9(19)16-10-2-4-11(5-3-10)17-24(22,23)12-6-7-13(15)14(8-12)18(20)21/h2-8,17H,1H3,(H,16,19). The van der Waals surface area contributed by atoms with Crippen LogP contribution in [0.1, 0.15) is 6.92 Å². The summed E-state index contributed by atoms with van der Waals surface area (Å²) in [4.78, 5) is 20.7. The van der Waals surface area contributed by atoms with Crippen molar-refractivity contribution in [3.05, 3.63) is 57.6 Å². The number of nitro benzene ring substituents is 1. The third-order valence-electron chi connectivity index (χ3n) is 2.88. The van der Waals surface area contributed by atoms with Crippen LogP contribution in [-0.4, -0.2) is 19.2 Å². The Bertz CT molecular complexity index is 897. The predicted molar refractivity (Wildman–Crippen MR) is 89.7 cm³/mol. The second kappa shape index (κ2) is 6.85. The molecule has 0 aliphatic heterocycles. The zero-order valence-corrected chi connectivity index (χ0v) is 13.9. The van der Waals surface area contributed by atoms with Crippen LogP contribution in [0.3, 0.4) is 0 Å². The number of carbonyl (C=O) groups excluding carboxylic acids is 1. The molecule has 0 unspecified atom stereocenters. The van der Waals surface area contributed by atoms with Gasteiger partial charge >= 0.3 is 0 Å². The maximum absolute atomic E-state index is 12.3. The molecule has 8 nitrogen and oxygen atoms in total. The third kappa shape index (κ3) is 4.21. The molecule has 2 aromatic rings. The van der Waals surface area contributed by atoms with E-state index in [1.807, 2.05) is 0 Å². The molecular weight excluding hydrogens is 358 g/mol. The number of anilines is 2. The molecule has 0 heterocycles. The van der Waals surface area contributed by atoms with Gasteiger partial charge in [0.1, 0.15) is 5.02 Å². The third-order valence-corrected chi connectivity index (χ3v) is 4.58. The smallest absolute Gasteiger partial charge is 0.289 e. The van der Waals surface area contributed by atoms with E-state index in [0.717, 1.165) is 12.1 Å². The molecule has 0 saturated carbocycles. The lowest BCUT2D eigenvalue weighted by atomic mass is 10.3. The molecule has 0 aliphatic carbocycles. The van der Waals surface area contributed by atoms with Crippen molar-refractivity contribution in [1.82, 2.24) is 0 Å². The van der Waals surface area contributed by atoms with Crippen LogP contribution in [0.5, 0.6) is 0 Å². The highest BCUT2D eigenvalue weighted by molar-refractivity contribution is 7.92. The van der Waals surface area contributed by atoms with Crippen molar-refractivity contribution in [2.24, 2.45) is 0 Å². The van der Waals surface area contributed by atoms with Crippen molar-refractivity contribution in [3.63, 3.8) is 0 Å². The fourth-order valence-electron chi connectivity index (χ4n) is 1.84. The van der Waals surface area contributed by atoms with Gasteiger partial charge in [-0.25, -0.2) is 8.42 Å². The number of amides is 1. The molecule has 0 radical (unpaired) electrons. The van der Waals surface area contributed by atoms with Crippen molar-refractivity contribution in [1.29, 1.82) is 0 Å². The highest BCUT2D eigenvalue weighted by atomic mass is 35.5. The van der Waals surface area contributed by atoms with Crippen molar-refractivity contribution in [3.8, 4) is 0 Å². The second-order valence-corrected chi connectivity index (χ2v) is 6.82. The van der Waals surface area contributed by atoms with E-state index in [4.69, 9.17) is 11.6 Å². The maximum Gasteiger partial charge on any atom is 0.289 e. The number of halogens is 1. The summed E-state index contributed by atoms with van der Waals surface area (Å²) in [6.07, 6.45) is 0. The predicted octanol–water partition coefficient (Wildman–Crippen LogP) is 3.01. The quantitative estimate of drug-likeness (QED) is 0.620. The molecule has 24 heavy (non-hydrogen) atoms. The fraction of sp³-hybridized carbons (Fsp3) is 0.0714.